The van der Waals surface area contributed by atoms with E-state index in [2.05, 4.69) is 30.1 Å². The number of amides is 1. The Balaban J connectivity index is 1.83. The van der Waals surface area contributed by atoms with Crippen LogP contribution in [0.4, 0.5) is 4.39 Å². The summed E-state index contributed by atoms with van der Waals surface area (Å²) >= 11 is 0. The van der Waals surface area contributed by atoms with Crippen LogP contribution in [0.2, 0.25) is 19.6 Å². The van der Waals surface area contributed by atoms with Gasteiger partial charge in [0.15, 0.2) is 5.78 Å². The van der Waals surface area contributed by atoms with Gasteiger partial charge in [-0.1, -0.05) is 56.0 Å². The van der Waals surface area contributed by atoms with Crippen molar-refractivity contribution in [3.63, 3.8) is 0 Å². The number of nitrogens with one attached hydrogen (secondary N) is 2. The first-order chi connectivity index (χ1) is 16.1. The molecule has 3 rings (SSSR count). The molecular formula is C25H29FN2O5Si. The molecule has 9 heteroatoms. The first-order valence-corrected chi connectivity index (χ1v) is 14.4. The summed E-state index contributed by atoms with van der Waals surface area (Å²) in [6.45, 7) is 6.59. The Morgan fingerprint density at radius 1 is 1.06 bits per heavy atom. The molecule has 0 saturated heterocycles. The largest absolute Gasteiger partial charge is 0.383 e. The molecule has 180 valence electrons. The number of aromatic amines is 1. The molecule has 1 aromatic heterocycles. The number of ether oxygens (including phenoxy) is 1. The Kier molecular flexibility index (Phi) is 8.01. The lowest BCUT2D eigenvalue weighted by atomic mass is 9.96. The topological polar surface area (TPSA) is 101 Å². The molecule has 0 spiro atoms. The SMILES string of the molecule is COCc1ccc([C@@H](NC(=O)Cc2cc(=O)[nH]o2)C(=O)Cc2ccc([Si](C)(C)C)c(F)c2)cc1. The standard InChI is InChI=1S/C25H29FN2O5Si/c1-32-15-16-5-8-18(9-6-16)25(27-23(30)13-19-14-24(31)28-33-19)21(29)12-17-7-10-22(20(26)11-17)34(2,3)4/h5-11,14,25H,12-13,15H2,1-4H3,(H,27,30)(H,28,31)/t25-/m1/s1. The Morgan fingerprint density at radius 2 is 1.74 bits per heavy atom. The monoisotopic (exact) mass is 484 g/mol. The van der Waals surface area contributed by atoms with E-state index in [0.29, 0.717) is 22.9 Å². The van der Waals surface area contributed by atoms with Crippen molar-refractivity contribution in [2.24, 2.45) is 0 Å². The molecule has 2 aromatic carbocycles. The van der Waals surface area contributed by atoms with E-state index in [9.17, 15) is 18.8 Å². The summed E-state index contributed by atoms with van der Waals surface area (Å²) < 4.78 is 24.8. The van der Waals surface area contributed by atoms with Crippen molar-refractivity contribution in [2.75, 3.05) is 7.11 Å². The predicted octanol–water partition coefficient (Wildman–Crippen LogP) is 3.01. The second-order valence-corrected chi connectivity index (χ2v) is 14.3. The Morgan fingerprint density at radius 3 is 2.29 bits per heavy atom. The van der Waals surface area contributed by atoms with E-state index in [0.717, 1.165) is 5.56 Å². The van der Waals surface area contributed by atoms with E-state index in [1.165, 1.54) is 12.1 Å². The molecule has 0 fully saturated rings. The lowest BCUT2D eigenvalue weighted by Gasteiger charge is -2.20. The molecule has 1 amide bonds. The number of H-pyrrole nitrogens is 1. The molecule has 0 aliphatic heterocycles. The van der Waals surface area contributed by atoms with E-state index in [1.807, 2.05) is 12.1 Å². The Labute approximate surface area is 198 Å². The maximum absolute atomic E-state index is 14.7. The fourth-order valence-corrected chi connectivity index (χ4v) is 5.05. The first kappa shape index (κ1) is 25.3. The number of hydrogen-bond donors (Lipinski definition) is 2. The van der Waals surface area contributed by atoms with Crippen molar-refractivity contribution in [3.8, 4) is 0 Å². The number of aromatic nitrogens is 1. The second kappa shape index (κ2) is 10.7. The number of Topliss-reactive ketones (excluding diaryl/α,β-unsaturated/α-hetero) is 1. The van der Waals surface area contributed by atoms with E-state index in [-0.39, 0.29) is 30.2 Å². The third kappa shape index (κ3) is 6.61. The molecule has 2 N–H and O–H groups in total. The smallest absolute Gasteiger partial charge is 0.280 e. The van der Waals surface area contributed by atoms with Gasteiger partial charge in [-0.25, -0.2) is 4.39 Å². The molecule has 3 aromatic rings. The van der Waals surface area contributed by atoms with Crippen LogP contribution in [0.3, 0.4) is 0 Å². The summed E-state index contributed by atoms with van der Waals surface area (Å²) in [7, 11) is -0.256. The van der Waals surface area contributed by atoms with Gasteiger partial charge in [0.25, 0.3) is 5.56 Å². The zero-order valence-electron chi connectivity index (χ0n) is 19.7. The number of ketones is 1. The first-order valence-electron chi connectivity index (χ1n) is 10.9. The third-order valence-corrected chi connectivity index (χ3v) is 7.40. The van der Waals surface area contributed by atoms with E-state index in [4.69, 9.17) is 9.26 Å². The predicted molar refractivity (Wildman–Crippen MR) is 129 cm³/mol. The molecule has 0 saturated carbocycles. The van der Waals surface area contributed by atoms with E-state index in [1.54, 1.807) is 31.4 Å². The van der Waals surface area contributed by atoms with Gasteiger partial charge in [0.1, 0.15) is 17.6 Å². The maximum atomic E-state index is 14.7. The molecule has 0 radical (unpaired) electrons. The number of halogens is 1. The minimum Gasteiger partial charge on any atom is -0.383 e. The molecule has 1 heterocycles. The van der Waals surface area contributed by atoms with Crippen LogP contribution >= 0.6 is 0 Å². The van der Waals surface area contributed by atoms with E-state index >= 15 is 0 Å². The number of rotatable bonds is 10. The van der Waals surface area contributed by atoms with Crippen LogP contribution in [-0.4, -0.2) is 32.0 Å². The minimum absolute atomic E-state index is 0.0487. The molecular weight excluding hydrogens is 455 g/mol. The van der Waals surface area contributed by atoms with Gasteiger partial charge in [-0.15, -0.1) is 0 Å². The summed E-state index contributed by atoms with van der Waals surface area (Å²) in [5.74, 6) is -0.921. The number of carbonyl (C=O) groups is 2. The number of methoxy groups -OCH3 is 1. The van der Waals surface area contributed by atoms with Crippen molar-refractivity contribution < 1.29 is 23.2 Å². The number of hydrogen-bond acceptors (Lipinski definition) is 5. The average molecular weight is 485 g/mol. The molecule has 0 bridgehead atoms. The quantitative estimate of drug-likeness (QED) is 0.431. The highest BCUT2D eigenvalue weighted by atomic mass is 28.3. The fraction of sp³-hybridized carbons (Fsp3) is 0.320. The van der Waals surface area contributed by atoms with Gasteiger partial charge < -0.3 is 14.6 Å². The molecule has 1 atom stereocenters. The van der Waals surface area contributed by atoms with Crippen LogP contribution in [0.25, 0.3) is 0 Å². The van der Waals surface area contributed by atoms with Crippen LogP contribution in [-0.2, 0) is 33.8 Å². The lowest BCUT2D eigenvalue weighted by Crippen LogP contribution is -2.40. The van der Waals surface area contributed by atoms with Crippen LogP contribution in [0.15, 0.2) is 57.8 Å². The summed E-state index contributed by atoms with van der Waals surface area (Å²) in [6, 6.07) is 12.3. The lowest BCUT2D eigenvalue weighted by molar-refractivity contribution is -0.127. The van der Waals surface area contributed by atoms with Gasteiger partial charge in [-0.3, -0.25) is 14.4 Å². The number of benzene rings is 2. The highest BCUT2D eigenvalue weighted by Crippen LogP contribution is 2.19. The molecule has 7 nitrogen and oxygen atoms in total. The van der Waals surface area contributed by atoms with Gasteiger partial charge >= 0.3 is 0 Å². The van der Waals surface area contributed by atoms with E-state index < -0.39 is 25.6 Å². The number of carbonyl (C=O) groups excluding carboxylic acids is 2. The van der Waals surface area contributed by atoms with Gasteiger partial charge in [0.2, 0.25) is 5.91 Å². The highest BCUT2D eigenvalue weighted by Gasteiger charge is 2.25. The Hall–Kier alpha value is -3.30. The average Bonchev–Trinajstić information content (AvgIpc) is 3.16. The summed E-state index contributed by atoms with van der Waals surface area (Å²) in [5.41, 5.74) is 1.60. The van der Waals surface area contributed by atoms with Crippen molar-refractivity contribution in [1.29, 1.82) is 0 Å². The molecule has 0 aliphatic rings. The minimum atomic E-state index is -1.85. The second-order valence-electron chi connectivity index (χ2n) is 9.24. The van der Waals surface area contributed by atoms with Gasteiger partial charge in [-0.05, 0) is 27.9 Å². The Bertz CT molecular complexity index is 1210. The van der Waals surface area contributed by atoms with Crippen molar-refractivity contribution in [2.45, 2.75) is 45.1 Å². The fourth-order valence-electron chi connectivity index (χ4n) is 3.68. The van der Waals surface area contributed by atoms with Gasteiger partial charge in [0, 0.05) is 19.6 Å². The van der Waals surface area contributed by atoms with Crippen LogP contribution in [0.5, 0.6) is 0 Å². The maximum Gasteiger partial charge on any atom is 0.280 e. The highest BCUT2D eigenvalue weighted by molar-refractivity contribution is 6.88. The van der Waals surface area contributed by atoms with Crippen molar-refractivity contribution in [3.05, 3.63) is 87.2 Å². The zero-order chi connectivity index (χ0) is 24.9. The molecule has 0 aliphatic carbocycles. The van der Waals surface area contributed by atoms with Crippen LogP contribution < -0.4 is 16.1 Å². The molecule has 34 heavy (non-hydrogen) atoms. The summed E-state index contributed by atoms with van der Waals surface area (Å²) in [4.78, 5) is 37.2. The molecule has 0 unspecified atom stereocenters. The van der Waals surface area contributed by atoms with Crippen LogP contribution in [0.1, 0.15) is 28.5 Å². The van der Waals surface area contributed by atoms with Crippen molar-refractivity contribution >= 4 is 25.0 Å². The van der Waals surface area contributed by atoms with Gasteiger partial charge in [-0.2, -0.15) is 5.16 Å². The third-order valence-electron chi connectivity index (χ3n) is 5.38. The summed E-state index contributed by atoms with van der Waals surface area (Å²) in [5, 5.41) is 5.57. The van der Waals surface area contributed by atoms with Crippen LogP contribution in [0, 0.1) is 5.82 Å². The normalized spacial score (nSPS) is 12.4. The van der Waals surface area contributed by atoms with Crippen molar-refractivity contribution in [1.82, 2.24) is 10.5 Å². The zero-order valence-corrected chi connectivity index (χ0v) is 20.7. The summed E-state index contributed by atoms with van der Waals surface area (Å²) in [6.07, 6.45) is -0.253. The van der Waals surface area contributed by atoms with Gasteiger partial charge in [0.05, 0.1) is 21.1 Å².